The predicted molar refractivity (Wildman–Crippen MR) is 113 cm³/mol. The fourth-order valence-corrected chi connectivity index (χ4v) is 3.84. The van der Waals surface area contributed by atoms with Crippen LogP contribution >= 0.6 is 0 Å². The molecule has 0 bridgehead atoms. The van der Waals surface area contributed by atoms with Crippen LogP contribution in [0.2, 0.25) is 0 Å². The number of carbonyl (C=O) groups excluding carboxylic acids is 1. The van der Waals surface area contributed by atoms with Crippen molar-refractivity contribution in [3.05, 3.63) is 76.7 Å². The van der Waals surface area contributed by atoms with E-state index >= 15 is 0 Å². The maximum Gasteiger partial charge on any atom is 0.278 e. The third-order valence-electron chi connectivity index (χ3n) is 5.69. The molecule has 0 spiro atoms. The Labute approximate surface area is 179 Å². The second-order valence-corrected chi connectivity index (χ2v) is 7.98. The van der Waals surface area contributed by atoms with Crippen LogP contribution in [-0.2, 0) is 11.4 Å². The van der Waals surface area contributed by atoms with E-state index in [0.29, 0.717) is 48.3 Å². The largest absolute Gasteiger partial charge is 0.295 e. The van der Waals surface area contributed by atoms with Gasteiger partial charge in [0.2, 0.25) is 0 Å². The van der Waals surface area contributed by atoms with Gasteiger partial charge in [0.15, 0.2) is 0 Å². The molecule has 158 valence electrons. The summed E-state index contributed by atoms with van der Waals surface area (Å²) < 4.78 is 1.64. The minimum atomic E-state index is -0.449. The van der Waals surface area contributed by atoms with Crippen molar-refractivity contribution in [2.45, 2.75) is 38.3 Å². The molecule has 1 saturated carbocycles. The molecule has 0 radical (unpaired) electrons. The number of amides is 1. The molecule has 8 heteroatoms. The Bertz CT molecular complexity index is 1130. The Morgan fingerprint density at radius 3 is 2.71 bits per heavy atom. The van der Waals surface area contributed by atoms with E-state index in [1.54, 1.807) is 29.0 Å². The summed E-state index contributed by atoms with van der Waals surface area (Å²) in [5.74, 6) is 0.797. The van der Waals surface area contributed by atoms with Gasteiger partial charge in [-0.3, -0.25) is 19.0 Å². The molecule has 31 heavy (non-hydrogen) atoms. The van der Waals surface area contributed by atoms with Crippen LogP contribution in [0, 0.1) is 5.92 Å². The zero-order valence-corrected chi connectivity index (χ0v) is 17.1. The third-order valence-corrected chi connectivity index (χ3v) is 5.69. The van der Waals surface area contributed by atoms with Crippen LogP contribution in [0.3, 0.4) is 0 Å². The number of aromatic nitrogens is 4. The second kappa shape index (κ2) is 8.39. The SMILES string of the molecule is O=C(c1ccccc1)N(OCC1CC1)C1CCCn2c1nc(-c1ccncn1)cc2=O. The summed E-state index contributed by atoms with van der Waals surface area (Å²) in [7, 11) is 0. The molecule has 0 N–H and O–H groups in total. The quantitative estimate of drug-likeness (QED) is 0.573. The summed E-state index contributed by atoms with van der Waals surface area (Å²) in [6.45, 7) is 1.06. The summed E-state index contributed by atoms with van der Waals surface area (Å²) in [5.41, 5.74) is 1.43. The first kappa shape index (κ1) is 19.6. The van der Waals surface area contributed by atoms with Gasteiger partial charge < -0.3 is 0 Å². The minimum Gasteiger partial charge on any atom is -0.295 e. The molecule has 1 aliphatic carbocycles. The van der Waals surface area contributed by atoms with Gasteiger partial charge in [0.1, 0.15) is 18.2 Å². The molecule has 2 aromatic heterocycles. The van der Waals surface area contributed by atoms with Crippen molar-refractivity contribution < 1.29 is 9.63 Å². The predicted octanol–water partition coefficient (Wildman–Crippen LogP) is 3.02. The maximum atomic E-state index is 13.4. The van der Waals surface area contributed by atoms with Gasteiger partial charge in [-0.25, -0.2) is 20.0 Å². The lowest BCUT2D eigenvalue weighted by molar-refractivity contribution is -0.160. The summed E-state index contributed by atoms with van der Waals surface area (Å²) in [6, 6.07) is 11.8. The van der Waals surface area contributed by atoms with Crippen LogP contribution in [-0.4, -0.2) is 37.1 Å². The Balaban J connectivity index is 1.55. The number of rotatable bonds is 6. The molecule has 1 unspecified atom stereocenters. The summed E-state index contributed by atoms with van der Waals surface area (Å²) >= 11 is 0. The minimum absolute atomic E-state index is 0.155. The van der Waals surface area contributed by atoms with Crippen molar-refractivity contribution in [3.8, 4) is 11.4 Å². The van der Waals surface area contributed by atoms with Crippen LogP contribution in [0.5, 0.6) is 0 Å². The van der Waals surface area contributed by atoms with Crippen molar-refractivity contribution in [1.82, 2.24) is 24.6 Å². The molecule has 1 aliphatic heterocycles. The van der Waals surface area contributed by atoms with E-state index < -0.39 is 6.04 Å². The van der Waals surface area contributed by atoms with Gasteiger partial charge >= 0.3 is 0 Å². The number of hydroxylamine groups is 2. The number of hydrogen-bond acceptors (Lipinski definition) is 6. The smallest absolute Gasteiger partial charge is 0.278 e. The zero-order chi connectivity index (χ0) is 21.2. The lowest BCUT2D eigenvalue weighted by atomic mass is 10.0. The maximum absolute atomic E-state index is 13.4. The molecule has 1 aromatic carbocycles. The van der Waals surface area contributed by atoms with Gasteiger partial charge in [-0.15, -0.1) is 0 Å². The second-order valence-electron chi connectivity index (χ2n) is 7.98. The van der Waals surface area contributed by atoms with Crippen molar-refractivity contribution in [1.29, 1.82) is 0 Å². The summed E-state index contributed by atoms with van der Waals surface area (Å²) in [5, 5.41) is 1.44. The summed E-state index contributed by atoms with van der Waals surface area (Å²) in [6.07, 6.45) is 6.70. The van der Waals surface area contributed by atoms with E-state index in [2.05, 4.69) is 9.97 Å². The molecule has 5 rings (SSSR count). The van der Waals surface area contributed by atoms with E-state index in [9.17, 15) is 9.59 Å². The van der Waals surface area contributed by atoms with Crippen LogP contribution in [0.15, 0.2) is 59.8 Å². The van der Waals surface area contributed by atoms with E-state index in [1.807, 2.05) is 18.2 Å². The molecular weight excluding hydrogens is 394 g/mol. The van der Waals surface area contributed by atoms with Gasteiger partial charge in [-0.1, -0.05) is 18.2 Å². The van der Waals surface area contributed by atoms with Gasteiger partial charge in [0.05, 0.1) is 18.0 Å². The average molecular weight is 417 g/mol. The molecule has 8 nitrogen and oxygen atoms in total. The molecule has 1 atom stereocenters. The topological polar surface area (TPSA) is 90.2 Å². The zero-order valence-electron chi connectivity index (χ0n) is 17.1. The Kier molecular flexibility index (Phi) is 5.30. The highest BCUT2D eigenvalue weighted by atomic mass is 16.7. The lowest BCUT2D eigenvalue weighted by Crippen LogP contribution is -2.41. The molecule has 1 amide bonds. The van der Waals surface area contributed by atoms with E-state index in [4.69, 9.17) is 9.82 Å². The van der Waals surface area contributed by atoms with E-state index in [1.165, 1.54) is 17.5 Å². The average Bonchev–Trinajstić information content (AvgIpc) is 3.65. The van der Waals surface area contributed by atoms with Crippen LogP contribution in [0.25, 0.3) is 11.4 Å². The molecular formula is C23H23N5O3. The number of hydrogen-bond donors (Lipinski definition) is 0. The highest BCUT2D eigenvalue weighted by Gasteiger charge is 2.35. The van der Waals surface area contributed by atoms with Gasteiger partial charge in [-0.2, -0.15) is 0 Å². The molecule has 3 heterocycles. The number of fused-ring (bicyclic) bond motifs is 1. The van der Waals surface area contributed by atoms with Gasteiger partial charge in [0, 0.05) is 24.4 Å². The van der Waals surface area contributed by atoms with E-state index in [-0.39, 0.29) is 11.5 Å². The lowest BCUT2D eigenvalue weighted by Gasteiger charge is -2.34. The van der Waals surface area contributed by atoms with Crippen molar-refractivity contribution in [3.63, 3.8) is 0 Å². The number of benzene rings is 1. The highest BCUT2D eigenvalue weighted by Crippen LogP contribution is 2.34. The molecule has 1 fully saturated rings. The standard InChI is InChI=1S/C23H23N5O3/c29-21-13-19(18-10-11-24-15-25-18)26-22-20(7-4-12-27(21)22)28(31-14-16-8-9-16)23(30)17-5-2-1-3-6-17/h1-3,5-6,10-11,13,15-16,20H,4,7-9,12,14H2. The third kappa shape index (κ3) is 4.11. The number of nitrogens with zero attached hydrogens (tertiary/aromatic N) is 5. The Hall–Kier alpha value is -3.39. The first-order chi connectivity index (χ1) is 15.2. The monoisotopic (exact) mass is 417 g/mol. The van der Waals surface area contributed by atoms with Crippen LogP contribution in [0.4, 0.5) is 0 Å². The summed E-state index contributed by atoms with van der Waals surface area (Å²) in [4.78, 5) is 45.3. The van der Waals surface area contributed by atoms with Gasteiger partial charge in [0.25, 0.3) is 11.5 Å². The first-order valence-electron chi connectivity index (χ1n) is 10.6. The first-order valence-corrected chi connectivity index (χ1v) is 10.6. The number of carbonyl (C=O) groups is 1. The fourth-order valence-electron chi connectivity index (χ4n) is 3.84. The van der Waals surface area contributed by atoms with Crippen LogP contribution in [0.1, 0.15) is 47.9 Å². The van der Waals surface area contributed by atoms with Crippen LogP contribution < -0.4 is 5.56 Å². The van der Waals surface area contributed by atoms with Crippen molar-refractivity contribution in [2.24, 2.45) is 5.92 Å². The van der Waals surface area contributed by atoms with E-state index in [0.717, 1.165) is 19.3 Å². The van der Waals surface area contributed by atoms with Crippen molar-refractivity contribution >= 4 is 5.91 Å². The molecule has 3 aromatic rings. The van der Waals surface area contributed by atoms with Crippen molar-refractivity contribution in [2.75, 3.05) is 6.61 Å². The normalized spacial score (nSPS) is 17.7. The highest BCUT2D eigenvalue weighted by molar-refractivity contribution is 5.93. The Morgan fingerprint density at radius 2 is 1.97 bits per heavy atom. The fraction of sp³-hybridized carbons (Fsp3) is 0.348. The molecule has 0 saturated heterocycles. The Morgan fingerprint density at radius 1 is 1.13 bits per heavy atom. The molecule has 2 aliphatic rings. The van der Waals surface area contributed by atoms with Gasteiger partial charge in [-0.05, 0) is 49.8 Å².